The summed E-state index contributed by atoms with van der Waals surface area (Å²) >= 11 is 0. The van der Waals surface area contributed by atoms with Crippen LogP contribution < -0.4 is 5.32 Å². The lowest BCUT2D eigenvalue weighted by Gasteiger charge is -2.22. The molecule has 2 unspecified atom stereocenters. The minimum atomic E-state index is -0.662. The van der Waals surface area contributed by atoms with Crippen molar-refractivity contribution in [3.05, 3.63) is 12.2 Å². The summed E-state index contributed by atoms with van der Waals surface area (Å²) in [6.45, 7) is 4.97. The predicted octanol–water partition coefficient (Wildman–Crippen LogP) is 19.6. The molecular formula is C63H123NO5. The van der Waals surface area contributed by atoms with Gasteiger partial charge in [-0.05, 0) is 51.4 Å². The van der Waals surface area contributed by atoms with Crippen LogP contribution in [0.15, 0.2) is 12.2 Å². The second-order valence-electron chi connectivity index (χ2n) is 21.7. The van der Waals surface area contributed by atoms with Crippen molar-refractivity contribution in [2.75, 3.05) is 13.2 Å². The van der Waals surface area contributed by atoms with Crippen molar-refractivity contribution < 1.29 is 24.5 Å². The lowest BCUT2D eigenvalue weighted by Crippen LogP contribution is -2.45. The number of esters is 1. The van der Waals surface area contributed by atoms with E-state index < -0.39 is 12.1 Å². The number of carbonyl (C=O) groups is 2. The second-order valence-corrected chi connectivity index (χ2v) is 21.7. The Balaban J connectivity index is 3.34. The number of allylic oxidation sites excluding steroid dienone is 2. The first-order valence-electron chi connectivity index (χ1n) is 31.4. The molecule has 3 N–H and O–H groups in total. The van der Waals surface area contributed by atoms with Crippen LogP contribution in [0, 0.1) is 0 Å². The maximum absolute atomic E-state index is 12.5. The van der Waals surface area contributed by atoms with Crippen molar-refractivity contribution in [2.24, 2.45) is 0 Å². The van der Waals surface area contributed by atoms with E-state index in [4.69, 9.17) is 4.74 Å². The van der Waals surface area contributed by atoms with Crippen molar-refractivity contribution in [2.45, 2.75) is 366 Å². The number of nitrogens with one attached hydrogen (secondary N) is 1. The van der Waals surface area contributed by atoms with Crippen LogP contribution in [0.25, 0.3) is 0 Å². The third kappa shape index (κ3) is 55.8. The highest BCUT2D eigenvalue weighted by Crippen LogP contribution is 2.18. The van der Waals surface area contributed by atoms with Crippen LogP contribution in [-0.4, -0.2) is 47.4 Å². The molecule has 0 fully saturated rings. The van der Waals surface area contributed by atoms with E-state index in [2.05, 4.69) is 31.3 Å². The average Bonchev–Trinajstić information content (AvgIpc) is 3.35. The minimum Gasteiger partial charge on any atom is -0.466 e. The van der Waals surface area contributed by atoms with Gasteiger partial charge in [0.05, 0.1) is 25.4 Å². The van der Waals surface area contributed by atoms with E-state index in [0.717, 1.165) is 44.9 Å². The summed E-state index contributed by atoms with van der Waals surface area (Å²) in [5, 5.41) is 23.2. The van der Waals surface area contributed by atoms with Crippen molar-refractivity contribution in [1.82, 2.24) is 5.32 Å². The maximum atomic E-state index is 12.5. The third-order valence-corrected chi connectivity index (χ3v) is 14.8. The molecule has 0 bridgehead atoms. The largest absolute Gasteiger partial charge is 0.466 e. The smallest absolute Gasteiger partial charge is 0.305 e. The first-order chi connectivity index (χ1) is 34.0. The van der Waals surface area contributed by atoms with E-state index in [1.54, 1.807) is 0 Å². The van der Waals surface area contributed by atoms with E-state index in [9.17, 15) is 19.8 Å². The number of ether oxygens (including phenoxy) is 1. The average molecular weight is 975 g/mol. The molecule has 0 aromatic carbocycles. The zero-order valence-corrected chi connectivity index (χ0v) is 46.8. The highest BCUT2D eigenvalue weighted by Gasteiger charge is 2.20. The standard InChI is InChI=1S/C63H123NO5/c1-3-5-7-9-11-13-15-17-18-19-27-30-33-37-41-45-49-53-57-63(68)69-58-54-50-46-42-38-34-31-28-25-23-21-20-22-24-26-29-32-36-40-44-48-52-56-62(67)64-60(59-65)61(66)55-51-47-43-39-35-16-14-12-10-8-6-4-2/h18-19,60-61,65-66H,3-17,20-59H2,1-2H3,(H,64,67)/b19-18-. The van der Waals surface area contributed by atoms with Gasteiger partial charge >= 0.3 is 5.97 Å². The predicted molar refractivity (Wildman–Crippen MR) is 301 cm³/mol. The van der Waals surface area contributed by atoms with Crippen LogP contribution in [0.3, 0.4) is 0 Å². The molecule has 0 radical (unpaired) electrons. The Bertz CT molecular complexity index is 1030. The maximum Gasteiger partial charge on any atom is 0.305 e. The van der Waals surface area contributed by atoms with Gasteiger partial charge in [0.25, 0.3) is 0 Å². The van der Waals surface area contributed by atoms with Crippen molar-refractivity contribution in [1.29, 1.82) is 0 Å². The summed E-state index contributed by atoms with van der Waals surface area (Å²) in [5.41, 5.74) is 0. The van der Waals surface area contributed by atoms with Crippen LogP contribution in [0.5, 0.6) is 0 Å². The third-order valence-electron chi connectivity index (χ3n) is 14.8. The number of hydrogen-bond acceptors (Lipinski definition) is 5. The van der Waals surface area contributed by atoms with Crippen molar-refractivity contribution >= 4 is 11.9 Å². The first kappa shape index (κ1) is 67.6. The highest BCUT2D eigenvalue weighted by atomic mass is 16.5. The summed E-state index contributed by atoms with van der Waals surface area (Å²) in [5.74, 6) is -0.0229. The Kier molecular flexibility index (Phi) is 58.0. The fourth-order valence-electron chi connectivity index (χ4n) is 9.99. The van der Waals surface area contributed by atoms with Gasteiger partial charge in [-0.25, -0.2) is 0 Å². The molecule has 0 aromatic rings. The molecule has 6 nitrogen and oxygen atoms in total. The van der Waals surface area contributed by atoms with Gasteiger partial charge in [-0.2, -0.15) is 0 Å². The molecule has 410 valence electrons. The normalized spacial score (nSPS) is 12.6. The van der Waals surface area contributed by atoms with Gasteiger partial charge in [0.2, 0.25) is 5.91 Å². The molecular weight excluding hydrogens is 851 g/mol. The number of aliphatic hydroxyl groups is 2. The number of aliphatic hydroxyl groups excluding tert-OH is 2. The highest BCUT2D eigenvalue weighted by molar-refractivity contribution is 5.76. The lowest BCUT2D eigenvalue weighted by atomic mass is 10.0. The van der Waals surface area contributed by atoms with Gasteiger partial charge in [-0.3, -0.25) is 9.59 Å². The van der Waals surface area contributed by atoms with Gasteiger partial charge in [-0.1, -0.05) is 302 Å². The van der Waals surface area contributed by atoms with Gasteiger partial charge in [0, 0.05) is 12.8 Å². The van der Waals surface area contributed by atoms with E-state index in [1.807, 2.05) is 0 Å². The first-order valence-corrected chi connectivity index (χ1v) is 31.4. The summed E-state index contributed by atoms with van der Waals surface area (Å²) in [6.07, 6.45) is 70.8. The zero-order valence-electron chi connectivity index (χ0n) is 46.8. The molecule has 0 spiro atoms. The minimum absolute atomic E-state index is 0.0111. The van der Waals surface area contributed by atoms with Crippen LogP contribution in [0.4, 0.5) is 0 Å². The SMILES string of the molecule is CCCCCCCCC/C=C\CCCCCCCCCC(=O)OCCCCCCCCCCCCCCCCCCCCCCCCC(=O)NC(CO)C(O)CCCCCCCCCCCCCC. The van der Waals surface area contributed by atoms with Crippen molar-refractivity contribution in [3.63, 3.8) is 0 Å². The summed E-state index contributed by atoms with van der Waals surface area (Å²) in [7, 11) is 0. The number of amides is 1. The molecule has 1 amide bonds. The second kappa shape index (κ2) is 59.2. The number of hydrogen-bond donors (Lipinski definition) is 3. The lowest BCUT2D eigenvalue weighted by molar-refractivity contribution is -0.143. The molecule has 0 aliphatic rings. The van der Waals surface area contributed by atoms with Crippen molar-refractivity contribution in [3.8, 4) is 0 Å². The molecule has 0 aliphatic heterocycles. The Morgan fingerprint density at radius 2 is 0.681 bits per heavy atom. The Labute approximate surface area is 431 Å². The number of unbranched alkanes of at least 4 members (excludes halogenated alkanes) is 46. The molecule has 0 aromatic heterocycles. The number of carbonyl (C=O) groups excluding carboxylic acids is 2. The Hall–Kier alpha value is -1.40. The van der Waals surface area contributed by atoms with Crippen LogP contribution >= 0.6 is 0 Å². The molecule has 0 rings (SSSR count). The van der Waals surface area contributed by atoms with Gasteiger partial charge in [-0.15, -0.1) is 0 Å². The van der Waals surface area contributed by atoms with Crippen LogP contribution in [-0.2, 0) is 14.3 Å². The van der Waals surface area contributed by atoms with Gasteiger partial charge in [0.1, 0.15) is 0 Å². The van der Waals surface area contributed by atoms with Gasteiger partial charge < -0.3 is 20.3 Å². The molecule has 69 heavy (non-hydrogen) atoms. The fourth-order valence-corrected chi connectivity index (χ4v) is 9.99. The fraction of sp³-hybridized carbons (Fsp3) is 0.937. The van der Waals surface area contributed by atoms with E-state index >= 15 is 0 Å². The van der Waals surface area contributed by atoms with Crippen LogP contribution in [0.1, 0.15) is 354 Å². The number of rotatable bonds is 59. The molecule has 6 heteroatoms. The quantitative estimate of drug-likeness (QED) is 0.0321. The van der Waals surface area contributed by atoms with Gasteiger partial charge in [0.15, 0.2) is 0 Å². The van der Waals surface area contributed by atoms with Crippen LogP contribution in [0.2, 0.25) is 0 Å². The summed E-state index contributed by atoms with van der Waals surface area (Å²) in [4.78, 5) is 24.5. The molecule has 0 aliphatic carbocycles. The molecule has 0 saturated heterocycles. The molecule has 0 heterocycles. The summed E-state index contributed by atoms with van der Waals surface area (Å²) < 4.78 is 5.50. The van der Waals surface area contributed by atoms with E-state index in [-0.39, 0.29) is 18.5 Å². The zero-order chi connectivity index (χ0) is 50.0. The monoisotopic (exact) mass is 974 g/mol. The molecule has 0 saturated carbocycles. The summed E-state index contributed by atoms with van der Waals surface area (Å²) in [6, 6.07) is -0.540. The molecule has 2 atom stereocenters. The van der Waals surface area contributed by atoms with E-state index in [1.165, 1.54) is 276 Å². The topological polar surface area (TPSA) is 95.9 Å². The Morgan fingerprint density at radius 1 is 0.391 bits per heavy atom. The Morgan fingerprint density at radius 3 is 1.03 bits per heavy atom. The van der Waals surface area contributed by atoms with E-state index in [0.29, 0.717) is 25.9 Å².